The van der Waals surface area contributed by atoms with Crippen molar-refractivity contribution < 1.29 is 19.0 Å². The Bertz CT molecular complexity index is 381. The van der Waals surface area contributed by atoms with Crippen LogP contribution < -0.4 is 5.32 Å². The first-order chi connectivity index (χ1) is 11.2. The largest absolute Gasteiger partial charge is 0.468 e. The van der Waals surface area contributed by atoms with Gasteiger partial charge in [0.2, 0.25) is 0 Å². The van der Waals surface area contributed by atoms with Crippen LogP contribution in [0.1, 0.15) is 12.8 Å². The Morgan fingerprint density at radius 2 is 2.04 bits per heavy atom. The Labute approximate surface area is 136 Å². The maximum atomic E-state index is 11.3. The molecule has 0 bridgehead atoms. The molecule has 0 aromatic carbocycles. The van der Waals surface area contributed by atoms with Crippen LogP contribution in [-0.4, -0.2) is 83.2 Å². The quantitative estimate of drug-likeness (QED) is 0.195. The number of esters is 1. The predicted molar refractivity (Wildman–Crippen MR) is 85.1 cm³/mol. The normalized spacial score (nSPS) is 17.5. The van der Waals surface area contributed by atoms with Crippen LogP contribution in [0.3, 0.4) is 0 Å². The smallest absolute Gasteiger partial charge is 0.325 e. The molecule has 1 saturated heterocycles. The van der Waals surface area contributed by atoms with Gasteiger partial charge in [-0.25, -0.2) is 0 Å². The molecular formula is C14H27N5O4. The molecule has 1 N–H and O–H groups in total. The fourth-order valence-electron chi connectivity index (χ4n) is 2.36. The van der Waals surface area contributed by atoms with E-state index in [1.54, 1.807) is 7.05 Å². The van der Waals surface area contributed by atoms with Crippen molar-refractivity contribution in [2.75, 3.05) is 60.2 Å². The lowest BCUT2D eigenvalue weighted by Crippen LogP contribution is -2.39. The molecule has 1 aliphatic rings. The van der Waals surface area contributed by atoms with E-state index in [0.717, 1.165) is 32.5 Å². The molecular weight excluding hydrogens is 302 g/mol. The molecule has 0 aromatic rings. The Balaban J connectivity index is 1.98. The van der Waals surface area contributed by atoms with E-state index < -0.39 is 6.04 Å². The Morgan fingerprint density at radius 1 is 1.35 bits per heavy atom. The van der Waals surface area contributed by atoms with Crippen LogP contribution in [0.5, 0.6) is 0 Å². The molecule has 0 amide bonds. The molecule has 0 aromatic heterocycles. The van der Waals surface area contributed by atoms with Crippen molar-refractivity contribution in [3.05, 3.63) is 10.4 Å². The Morgan fingerprint density at radius 3 is 2.65 bits per heavy atom. The number of nitrogens with one attached hydrogen (secondary N) is 1. The molecule has 23 heavy (non-hydrogen) atoms. The van der Waals surface area contributed by atoms with Crippen LogP contribution in [0, 0.1) is 0 Å². The zero-order valence-corrected chi connectivity index (χ0v) is 13.9. The van der Waals surface area contributed by atoms with Gasteiger partial charge in [0, 0.05) is 17.5 Å². The highest BCUT2D eigenvalue weighted by Crippen LogP contribution is 2.13. The van der Waals surface area contributed by atoms with E-state index in [0.29, 0.717) is 19.8 Å². The number of ether oxygens (including phenoxy) is 3. The monoisotopic (exact) mass is 329 g/mol. The zero-order chi connectivity index (χ0) is 16.9. The first kappa shape index (κ1) is 19.7. The molecule has 9 heteroatoms. The van der Waals surface area contributed by atoms with E-state index in [2.05, 4.69) is 25.0 Å². The van der Waals surface area contributed by atoms with Crippen LogP contribution in [0.15, 0.2) is 5.11 Å². The molecule has 1 aliphatic heterocycles. The summed E-state index contributed by atoms with van der Waals surface area (Å²) in [6, 6.07) is -0.308. The number of methoxy groups -OCH3 is 1. The number of rotatable bonds is 11. The summed E-state index contributed by atoms with van der Waals surface area (Å²) in [6.45, 7) is 4.58. The Hall–Kier alpha value is -1.38. The molecule has 1 heterocycles. The summed E-state index contributed by atoms with van der Waals surface area (Å²) < 4.78 is 15.6. The third-order valence-electron chi connectivity index (χ3n) is 3.81. The van der Waals surface area contributed by atoms with Crippen molar-refractivity contribution in [2.45, 2.75) is 24.9 Å². The van der Waals surface area contributed by atoms with Crippen LogP contribution >= 0.6 is 0 Å². The lowest BCUT2D eigenvalue weighted by molar-refractivity contribution is -0.144. The SMILES string of the molecule is CN[C@@H](COCCOCCN1CCC(N=[N+]=[N-])CC1)C(=O)OC. The van der Waals surface area contributed by atoms with Gasteiger partial charge in [0.05, 0.1) is 33.5 Å². The minimum Gasteiger partial charge on any atom is -0.468 e. The molecule has 1 atom stereocenters. The van der Waals surface area contributed by atoms with E-state index in [1.807, 2.05) is 0 Å². The summed E-state index contributed by atoms with van der Waals surface area (Å²) in [7, 11) is 3.04. The van der Waals surface area contributed by atoms with Crippen LogP contribution in [0.4, 0.5) is 0 Å². The van der Waals surface area contributed by atoms with Gasteiger partial charge in [-0.1, -0.05) is 5.11 Å². The van der Waals surface area contributed by atoms with Gasteiger partial charge >= 0.3 is 5.97 Å². The Kier molecular flexibility index (Phi) is 10.3. The van der Waals surface area contributed by atoms with E-state index in [1.165, 1.54) is 7.11 Å². The van der Waals surface area contributed by atoms with Crippen LogP contribution in [0.25, 0.3) is 10.4 Å². The summed E-state index contributed by atoms with van der Waals surface area (Å²) in [5.74, 6) is -0.336. The number of hydrogen-bond acceptors (Lipinski definition) is 7. The number of carbonyl (C=O) groups is 1. The first-order valence-corrected chi connectivity index (χ1v) is 7.88. The van der Waals surface area contributed by atoms with Gasteiger partial charge in [0.25, 0.3) is 0 Å². The average molecular weight is 329 g/mol. The van der Waals surface area contributed by atoms with Gasteiger partial charge in [0.1, 0.15) is 6.04 Å². The highest BCUT2D eigenvalue weighted by atomic mass is 16.5. The van der Waals surface area contributed by atoms with Crippen molar-refractivity contribution in [2.24, 2.45) is 5.11 Å². The molecule has 0 aliphatic carbocycles. The maximum absolute atomic E-state index is 11.3. The molecule has 1 rings (SSSR count). The van der Waals surface area contributed by atoms with Crippen molar-refractivity contribution in [1.82, 2.24) is 10.2 Å². The standard InChI is InChI=1S/C14H27N5O4/c1-16-13(14(20)21-2)11-23-10-9-22-8-7-19-5-3-12(4-6-19)17-18-15/h12-13,16H,3-11H2,1-2H3/t13-/m0/s1. The predicted octanol–water partition coefficient (Wildman–Crippen LogP) is 0.555. The second kappa shape index (κ2) is 12.1. The molecule has 9 nitrogen and oxygen atoms in total. The summed E-state index contributed by atoms with van der Waals surface area (Å²) in [5, 5.41) is 6.59. The fourth-order valence-corrected chi connectivity index (χ4v) is 2.36. The van der Waals surface area contributed by atoms with Gasteiger partial charge in [0.15, 0.2) is 0 Å². The van der Waals surface area contributed by atoms with Crippen LogP contribution in [0.2, 0.25) is 0 Å². The molecule has 1 fully saturated rings. The third kappa shape index (κ3) is 8.15. The van der Waals surface area contributed by atoms with Gasteiger partial charge < -0.3 is 24.4 Å². The molecule has 0 radical (unpaired) electrons. The fraction of sp³-hybridized carbons (Fsp3) is 0.929. The van der Waals surface area contributed by atoms with E-state index in [-0.39, 0.29) is 18.6 Å². The number of likely N-dealkylation sites (tertiary alicyclic amines) is 1. The maximum Gasteiger partial charge on any atom is 0.325 e. The summed E-state index contributed by atoms with van der Waals surface area (Å²) in [4.78, 5) is 16.5. The average Bonchev–Trinajstić information content (AvgIpc) is 2.58. The van der Waals surface area contributed by atoms with Gasteiger partial charge in [-0.3, -0.25) is 4.79 Å². The third-order valence-corrected chi connectivity index (χ3v) is 3.81. The second-order valence-corrected chi connectivity index (χ2v) is 5.33. The summed E-state index contributed by atoms with van der Waals surface area (Å²) in [5.41, 5.74) is 8.41. The second-order valence-electron chi connectivity index (χ2n) is 5.33. The minimum atomic E-state index is -0.447. The topological polar surface area (TPSA) is 109 Å². The van der Waals surface area contributed by atoms with Crippen molar-refractivity contribution >= 4 is 5.97 Å². The van der Waals surface area contributed by atoms with Crippen molar-refractivity contribution in [1.29, 1.82) is 0 Å². The number of likely N-dealkylation sites (N-methyl/N-ethyl adjacent to an activating group) is 1. The lowest BCUT2D eigenvalue weighted by Gasteiger charge is -2.29. The zero-order valence-electron chi connectivity index (χ0n) is 13.9. The molecule has 0 unspecified atom stereocenters. The van der Waals surface area contributed by atoms with E-state index in [4.69, 9.17) is 15.0 Å². The van der Waals surface area contributed by atoms with Gasteiger partial charge in [-0.05, 0) is 38.5 Å². The number of carbonyl (C=O) groups excluding carboxylic acids is 1. The van der Waals surface area contributed by atoms with Crippen molar-refractivity contribution in [3.63, 3.8) is 0 Å². The molecule has 132 valence electrons. The summed E-state index contributed by atoms with van der Waals surface area (Å²) in [6.07, 6.45) is 1.82. The molecule has 0 spiro atoms. The van der Waals surface area contributed by atoms with Gasteiger partial charge in [-0.2, -0.15) is 0 Å². The van der Waals surface area contributed by atoms with Gasteiger partial charge in [-0.15, -0.1) is 0 Å². The van der Waals surface area contributed by atoms with E-state index >= 15 is 0 Å². The number of piperidine rings is 1. The van der Waals surface area contributed by atoms with Crippen LogP contribution in [-0.2, 0) is 19.0 Å². The molecule has 0 saturated carbocycles. The lowest BCUT2D eigenvalue weighted by atomic mass is 10.1. The van der Waals surface area contributed by atoms with Crippen molar-refractivity contribution in [3.8, 4) is 0 Å². The number of hydrogen-bond donors (Lipinski definition) is 1. The number of nitrogens with zero attached hydrogens (tertiary/aromatic N) is 4. The highest BCUT2D eigenvalue weighted by Gasteiger charge is 2.18. The minimum absolute atomic E-state index is 0.139. The highest BCUT2D eigenvalue weighted by molar-refractivity contribution is 5.75. The van der Waals surface area contributed by atoms with E-state index in [9.17, 15) is 4.79 Å². The number of azide groups is 1. The summed E-state index contributed by atoms with van der Waals surface area (Å²) >= 11 is 0. The first-order valence-electron chi connectivity index (χ1n) is 7.88.